The van der Waals surface area contributed by atoms with Gasteiger partial charge in [0.05, 0.1) is 5.69 Å². The zero-order valence-corrected chi connectivity index (χ0v) is 10.3. The number of hydrogen-bond acceptors (Lipinski definition) is 2. The van der Waals surface area contributed by atoms with E-state index < -0.39 is 0 Å². The fourth-order valence-electron chi connectivity index (χ4n) is 1.98. The lowest BCUT2D eigenvalue weighted by Gasteiger charge is -2.00. The summed E-state index contributed by atoms with van der Waals surface area (Å²) in [5.74, 6) is 0.934. The third-order valence-electron chi connectivity index (χ3n) is 2.90. The van der Waals surface area contributed by atoms with Gasteiger partial charge >= 0.3 is 0 Å². The highest BCUT2D eigenvalue weighted by atomic mass is 35.5. The van der Waals surface area contributed by atoms with Crippen LogP contribution in [0.3, 0.4) is 0 Å². The van der Waals surface area contributed by atoms with Gasteiger partial charge in [-0.15, -0.1) is 12.4 Å². The molecule has 0 amide bonds. The molecule has 0 aliphatic heterocycles. The van der Waals surface area contributed by atoms with Gasteiger partial charge in [0, 0.05) is 25.8 Å². The highest BCUT2D eigenvalue weighted by molar-refractivity contribution is 5.85. The molecule has 0 radical (unpaired) electrons. The van der Waals surface area contributed by atoms with Crippen molar-refractivity contribution in [3.63, 3.8) is 0 Å². The van der Waals surface area contributed by atoms with Crippen molar-refractivity contribution in [1.29, 1.82) is 0 Å². The van der Waals surface area contributed by atoms with Gasteiger partial charge in [-0.25, -0.2) is 0 Å². The fourth-order valence-corrected chi connectivity index (χ4v) is 1.98. The van der Waals surface area contributed by atoms with Crippen LogP contribution in [0.5, 0.6) is 0 Å². The second-order valence-corrected chi connectivity index (χ2v) is 4.25. The standard InChI is InChI=1S/C11H19N3.ClH/c1-3-4-9-7-11(9)12-8-10-5-6-14(2)13-10;/h5-6,9,11-12H,3-4,7-8H2,1-2H3;1H. The molecule has 0 aromatic carbocycles. The van der Waals surface area contributed by atoms with Crippen LogP contribution in [0.4, 0.5) is 0 Å². The predicted octanol–water partition coefficient (Wildman–Crippen LogP) is 2.12. The van der Waals surface area contributed by atoms with Crippen molar-refractivity contribution in [3.05, 3.63) is 18.0 Å². The summed E-state index contributed by atoms with van der Waals surface area (Å²) in [5, 5.41) is 7.88. The Balaban J connectivity index is 0.00000112. The highest BCUT2D eigenvalue weighted by Gasteiger charge is 2.35. The fraction of sp³-hybridized carbons (Fsp3) is 0.727. The smallest absolute Gasteiger partial charge is 0.0762 e. The van der Waals surface area contributed by atoms with Crippen molar-refractivity contribution in [1.82, 2.24) is 15.1 Å². The molecule has 1 N–H and O–H groups in total. The zero-order chi connectivity index (χ0) is 9.97. The van der Waals surface area contributed by atoms with Crippen LogP contribution in [0.2, 0.25) is 0 Å². The lowest BCUT2D eigenvalue weighted by molar-refractivity contribution is 0.588. The van der Waals surface area contributed by atoms with Gasteiger partial charge in [0.1, 0.15) is 0 Å². The molecule has 2 unspecified atom stereocenters. The molecule has 1 heterocycles. The molecule has 1 saturated carbocycles. The summed E-state index contributed by atoms with van der Waals surface area (Å²) in [6.07, 6.45) is 6.04. The Labute approximate surface area is 97.7 Å². The van der Waals surface area contributed by atoms with E-state index in [-0.39, 0.29) is 12.4 Å². The summed E-state index contributed by atoms with van der Waals surface area (Å²) in [4.78, 5) is 0. The number of rotatable bonds is 5. The van der Waals surface area contributed by atoms with Crippen LogP contribution in [0.1, 0.15) is 31.9 Å². The second kappa shape index (κ2) is 5.52. The van der Waals surface area contributed by atoms with Crippen LogP contribution in [0.25, 0.3) is 0 Å². The third kappa shape index (κ3) is 3.50. The maximum absolute atomic E-state index is 4.34. The Hall–Kier alpha value is -0.540. The van der Waals surface area contributed by atoms with Gasteiger partial charge in [0.2, 0.25) is 0 Å². The molecule has 0 bridgehead atoms. The number of halogens is 1. The quantitative estimate of drug-likeness (QED) is 0.839. The van der Waals surface area contributed by atoms with Crippen LogP contribution in [-0.4, -0.2) is 15.8 Å². The molecule has 1 fully saturated rings. The molecule has 2 atom stereocenters. The molecule has 1 aromatic heterocycles. The number of aromatic nitrogens is 2. The van der Waals surface area contributed by atoms with Crippen molar-refractivity contribution in [2.45, 2.75) is 38.8 Å². The van der Waals surface area contributed by atoms with Crippen LogP contribution < -0.4 is 5.32 Å². The lowest BCUT2D eigenvalue weighted by Crippen LogP contribution is -2.18. The normalized spacial score (nSPS) is 23.6. The molecule has 15 heavy (non-hydrogen) atoms. The largest absolute Gasteiger partial charge is 0.308 e. The van der Waals surface area contributed by atoms with Crippen molar-refractivity contribution < 1.29 is 0 Å². The van der Waals surface area contributed by atoms with Crippen LogP contribution >= 0.6 is 12.4 Å². The van der Waals surface area contributed by atoms with Crippen molar-refractivity contribution in [3.8, 4) is 0 Å². The summed E-state index contributed by atoms with van der Waals surface area (Å²) in [5.41, 5.74) is 1.15. The summed E-state index contributed by atoms with van der Waals surface area (Å²) < 4.78 is 1.85. The molecule has 1 aromatic rings. The number of aryl methyl sites for hydroxylation is 1. The molecule has 3 nitrogen and oxygen atoms in total. The third-order valence-corrected chi connectivity index (χ3v) is 2.90. The Morgan fingerprint density at radius 1 is 1.60 bits per heavy atom. The van der Waals surface area contributed by atoms with E-state index in [1.807, 2.05) is 17.9 Å². The predicted molar refractivity (Wildman–Crippen MR) is 64.1 cm³/mol. The van der Waals surface area contributed by atoms with Gasteiger partial charge in [-0.3, -0.25) is 4.68 Å². The first-order chi connectivity index (χ1) is 6.79. The summed E-state index contributed by atoms with van der Waals surface area (Å²) >= 11 is 0. The molecular formula is C11H20ClN3. The Kier molecular flexibility index (Phi) is 4.61. The van der Waals surface area contributed by atoms with E-state index in [1.165, 1.54) is 19.3 Å². The SMILES string of the molecule is CCCC1CC1NCc1ccn(C)n1.Cl. The first-order valence-electron chi connectivity index (χ1n) is 5.51. The van der Waals surface area contributed by atoms with E-state index >= 15 is 0 Å². The molecule has 86 valence electrons. The van der Waals surface area contributed by atoms with E-state index in [9.17, 15) is 0 Å². The van der Waals surface area contributed by atoms with Gasteiger partial charge in [-0.1, -0.05) is 13.3 Å². The maximum atomic E-state index is 4.34. The summed E-state index contributed by atoms with van der Waals surface area (Å²) in [6, 6.07) is 2.83. The van der Waals surface area contributed by atoms with Gasteiger partial charge in [-0.05, 0) is 24.8 Å². The first kappa shape index (κ1) is 12.5. The molecular weight excluding hydrogens is 210 g/mol. The van der Waals surface area contributed by atoms with E-state index in [2.05, 4.69) is 23.4 Å². The average Bonchev–Trinajstić information content (AvgIpc) is 2.77. The van der Waals surface area contributed by atoms with Gasteiger partial charge in [-0.2, -0.15) is 5.10 Å². The van der Waals surface area contributed by atoms with E-state index in [0.717, 1.165) is 24.2 Å². The van der Waals surface area contributed by atoms with Crippen molar-refractivity contribution in [2.24, 2.45) is 13.0 Å². The minimum absolute atomic E-state index is 0. The monoisotopic (exact) mass is 229 g/mol. The Morgan fingerprint density at radius 2 is 2.40 bits per heavy atom. The molecule has 1 aliphatic carbocycles. The van der Waals surface area contributed by atoms with Gasteiger partial charge in [0.15, 0.2) is 0 Å². The lowest BCUT2D eigenvalue weighted by atomic mass is 10.2. The molecule has 0 spiro atoms. The Morgan fingerprint density at radius 3 is 3.00 bits per heavy atom. The number of nitrogens with zero attached hydrogens (tertiary/aromatic N) is 2. The second-order valence-electron chi connectivity index (χ2n) is 4.25. The molecule has 1 aliphatic rings. The number of hydrogen-bond donors (Lipinski definition) is 1. The minimum atomic E-state index is 0. The summed E-state index contributed by atoms with van der Waals surface area (Å²) in [6.45, 7) is 3.18. The molecule has 2 rings (SSSR count). The highest BCUT2D eigenvalue weighted by Crippen LogP contribution is 2.34. The van der Waals surface area contributed by atoms with Crippen LogP contribution in [0.15, 0.2) is 12.3 Å². The van der Waals surface area contributed by atoms with E-state index in [0.29, 0.717) is 0 Å². The topological polar surface area (TPSA) is 29.9 Å². The molecule has 0 saturated heterocycles. The minimum Gasteiger partial charge on any atom is -0.308 e. The first-order valence-corrected chi connectivity index (χ1v) is 5.51. The van der Waals surface area contributed by atoms with Crippen LogP contribution in [0, 0.1) is 5.92 Å². The van der Waals surface area contributed by atoms with Gasteiger partial charge in [0.25, 0.3) is 0 Å². The maximum Gasteiger partial charge on any atom is 0.0762 e. The summed E-state index contributed by atoms with van der Waals surface area (Å²) in [7, 11) is 1.96. The van der Waals surface area contributed by atoms with E-state index in [1.54, 1.807) is 0 Å². The van der Waals surface area contributed by atoms with Gasteiger partial charge < -0.3 is 5.32 Å². The van der Waals surface area contributed by atoms with E-state index in [4.69, 9.17) is 0 Å². The number of nitrogens with one attached hydrogen (secondary N) is 1. The average molecular weight is 230 g/mol. The molecule has 4 heteroatoms. The Bertz CT molecular complexity index is 298. The zero-order valence-electron chi connectivity index (χ0n) is 9.44. The van der Waals surface area contributed by atoms with Crippen molar-refractivity contribution >= 4 is 12.4 Å². The van der Waals surface area contributed by atoms with Crippen molar-refractivity contribution in [2.75, 3.05) is 0 Å². The van der Waals surface area contributed by atoms with Crippen LogP contribution in [-0.2, 0) is 13.6 Å².